The van der Waals surface area contributed by atoms with Crippen molar-refractivity contribution in [2.24, 2.45) is 13.0 Å². The molecule has 0 radical (unpaired) electrons. The van der Waals surface area contributed by atoms with Crippen molar-refractivity contribution in [2.75, 3.05) is 6.54 Å². The smallest absolute Gasteiger partial charge is 0.303 e. The van der Waals surface area contributed by atoms with Crippen molar-refractivity contribution in [1.29, 1.82) is 0 Å². The highest BCUT2D eigenvalue weighted by Crippen LogP contribution is 2.31. The van der Waals surface area contributed by atoms with Crippen LogP contribution in [-0.2, 0) is 11.8 Å². The van der Waals surface area contributed by atoms with Gasteiger partial charge in [-0.2, -0.15) is 5.10 Å². The number of rotatable bonds is 6. The van der Waals surface area contributed by atoms with Gasteiger partial charge < -0.3 is 10.4 Å². The molecule has 0 aliphatic rings. The summed E-state index contributed by atoms with van der Waals surface area (Å²) < 4.78 is 1.80. The minimum absolute atomic E-state index is 0.0497. The van der Waals surface area contributed by atoms with Crippen LogP contribution in [0.1, 0.15) is 48.5 Å². The minimum Gasteiger partial charge on any atom is -0.481 e. The van der Waals surface area contributed by atoms with Gasteiger partial charge in [-0.15, -0.1) is 11.3 Å². The molecule has 1 atom stereocenters. The Morgan fingerprint density at radius 2 is 2.09 bits per heavy atom. The number of nitrogens with zero attached hydrogens (tertiary/aromatic N) is 2. The molecule has 1 unspecified atom stereocenters. The van der Waals surface area contributed by atoms with Crippen LogP contribution in [0.2, 0.25) is 0 Å². The summed E-state index contributed by atoms with van der Waals surface area (Å²) in [4.78, 5) is 24.5. The lowest BCUT2D eigenvalue weighted by Gasteiger charge is -2.09. The number of aliphatic carboxylic acids is 1. The van der Waals surface area contributed by atoms with E-state index in [9.17, 15) is 9.59 Å². The number of fused-ring (bicyclic) bond motifs is 1. The van der Waals surface area contributed by atoms with Gasteiger partial charge in [0.1, 0.15) is 4.83 Å². The largest absolute Gasteiger partial charge is 0.481 e. The van der Waals surface area contributed by atoms with Crippen molar-refractivity contribution < 1.29 is 14.7 Å². The fourth-order valence-corrected chi connectivity index (χ4v) is 3.33. The number of carboxylic acids is 1. The Morgan fingerprint density at radius 1 is 1.41 bits per heavy atom. The maximum Gasteiger partial charge on any atom is 0.303 e. The molecule has 120 valence electrons. The summed E-state index contributed by atoms with van der Waals surface area (Å²) in [7, 11) is 1.88. The zero-order chi connectivity index (χ0) is 16.4. The second-order valence-electron chi connectivity index (χ2n) is 5.91. The first-order chi connectivity index (χ1) is 10.3. The summed E-state index contributed by atoms with van der Waals surface area (Å²) in [5, 5.41) is 17.0. The van der Waals surface area contributed by atoms with Crippen LogP contribution in [0.3, 0.4) is 0 Å². The third-order valence-electron chi connectivity index (χ3n) is 3.44. The van der Waals surface area contributed by atoms with Crippen molar-refractivity contribution >= 4 is 33.4 Å². The maximum atomic E-state index is 12.2. The molecule has 0 saturated heterocycles. The molecule has 0 bridgehead atoms. The monoisotopic (exact) mass is 323 g/mol. The van der Waals surface area contributed by atoms with E-state index in [1.807, 2.05) is 13.1 Å². The van der Waals surface area contributed by atoms with Crippen LogP contribution in [0, 0.1) is 5.92 Å². The molecule has 0 aliphatic heterocycles. The van der Waals surface area contributed by atoms with Gasteiger partial charge in [0.05, 0.1) is 10.6 Å². The zero-order valence-electron chi connectivity index (χ0n) is 13.2. The standard InChI is InChI=1S/C15H21N3O3S/c1-8(2)13-10-6-11(22-15(10)18(4)17-13)14(21)16-7-9(3)5-12(19)20/h6,8-9H,5,7H2,1-4H3,(H,16,21)(H,19,20). The van der Waals surface area contributed by atoms with Gasteiger partial charge in [-0.05, 0) is 17.9 Å². The summed E-state index contributed by atoms with van der Waals surface area (Å²) in [6.45, 7) is 6.31. The molecule has 0 aromatic carbocycles. The molecule has 6 nitrogen and oxygen atoms in total. The molecule has 0 fully saturated rings. The third kappa shape index (κ3) is 3.47. The highest BCUT2D eigenvalue weighted by atomic mass is 32.1. The fourth-order valence-electron chi connectivity index (χ4n) is 2.33. The van der Waals surface area contributed by atoms with Crippen LogP contribution in [0.25, 0.3) is 10.2 Å². The van der Waals surface area contributed by atoms with Crippen LogP contribution in [0.15, 0.2) is 6.07 Å². The molecule has 1 amide bonds. The van der Waals surface area contributed by atoms with Crippen LogP contribution in [0.5, 0.6) is 0 Å². The number of amides is 1. The Labute approximate surface area is 133 Å². The number of hydrogen-bond acceptors (Lipinski definition) is 4. The van der Waals surface area contributed by atoms with Crippen LogP contribution >= 0.6 is 11.3 Å². The van der Waals surface area contributed by atoms with Gasteiger partial charge in [-0.3, -0.25) is 14.3 Å². The summed E-state index contributed by atoms with van der Waals surface area (Å²) in [6, 6.07) is 1.87. The predicted molar refractivity (Wildman–Crippen MR) is 86.4 cm³/mol. The average Bonchev–Trinajstić information content (AvgIpc) is 2.96. The maximum absolute atomic E-state index is 12.2. The van der Waals surface area contributed by atoms with Crippen LogP contribution < -0.4 is 5.32 Å². The number of nitrogens with one attached hydrogen (secondary N) is 1. The summed E-state index contributed by atoms with van der Waals surface area (Å²) in [6.07, 6.45) is 0.0497. The van der Waals surface area contributed by atoms with E-state index in [1.54, 1.807) is 11.6 Å². The first-order valence-corrected chi connectivity index (χ1v) is 8.07. The van der Waals surface area contributed by atoms with E-state index in [4.69, 9.17) is 5.11 Å². The first kappa shape index (κ1) is 16.5. The summed E-state index contributed by atoms with van der Waals surface area (Å²) in [5.74, 6) is -0.807. The molecule has 0 saturated carbocycles. The molecule has 2 aromatic rings. The molecular weight excluding hydrogens is 302 g/mol. The second kappa shape index (κ2) is 6.48. The van der Waals surface area contributed by atoms with Crippen LogP contribution in [-0.4, -0.2) is 33.3 Å². The van der Waals surface area contributed by atoms with Crippen LogP contribution in [0.4, 0.5) is 0 Å². The Kier molecular flexibility index (Phi) is 4.85. The summed E-state index contributed by atoms with van der Waals surface area (Å²) in [5.41, 5.74) is 0.993. The number of aromatic nitrogens is 2. The number of thiophene rings is 1. The normalized spacial score (nSPS) is 12.8. The van der Waals surface area contributed by atoms with E-state index in [1.165, 1.54) is 11.3 Å². The third-order valence-corrected chi connectivity index (χ3v) is 4.65. The highest BCUT2D eigenvalue weighted by Gasteiger charge is 2.19. The zero-order valence-corrected chi connectivity index (χ0v) is 14.0. The van der Waals surface area contributed by atoms with E-state index in [0.29, 0.717) is 17.3 Å². The van der Waals surface area contributed by atoms with Gasteiger partial charge in [-0.1, -0.05) is 20.8 Å². The van der Waals surface area contributed by atoms with Gasteiger partial charge in [0.15, 0.2) is 0 Å². The molecule has 2 N–H and O–H groups in total. The van der Waals surface area contributed by atoms with Gasteiger partial charge in [0.25, 0.3) is 5.91 Å². The lowest BCUT2D eigenvalue weighted by Crippen LogP contribution is -2.28. The molecule has 2 rings (SSSR count). The molecule has 0 aliphatic carbocycles. The van der Waals surface area contributed by atoms with Crippen molar-refractivity contribution in [3.63, 3.8) is 0 Å². The van der Waals surface area contributed by atoms with Crippen molar-refractivity contribution in [2.45, 2.75) is 33.1 Å². The molecule has 7 heteroatoms. The minimum atomic E-state index is -0.851. The van der Waals surface area contributed by atoms with Crippen molar-refractivity contribution in [3.8, 4) is 0 Å². The lowest BCUT2D eigenvalue weighted by atomic mass is 10.1. The Hall–Kier alpha value is -1.89. The molecule has 2 heterocycles. The molecule has 22 heavy (non-hydrogen) atoms. The van der Waals surface area contributed by atoms with E-state index in [-0.39, 0.29) is 18.2 Å². The topological polar surface area (TPSA) is 84.2 Å². The number of carbonyl (C=O) groups excluding carboxylic acids is 1. The van der Waals surface area contributed by atoms with Gasteiger partial charge in [-0.25, -0.2) is 0 Å². The van der Waals surface area contributed by atoms with Gasteiger partial charge >= 0.3 is 5.97 Å². The van der Waals surface area contributed by atoms with Crippen molar-refractivity contribution in [1.82, 2.24) is 15.1 Å². The number of carbonyl (C=O) groups is 2. The Morgan fingerprint density at radius 3 is 2.68 bits per heavy atom. The van der Waals surface area contributed by atoms with E-state index >= 15 is 0 Å². The first-order valence-electron chi connectivity index (χ1n) is 7.26. The number of aryl methyl sites for hydroxylation is 1. The summed E-state index contributed by atoms with van der Waals surface area (Å²) >= 11 is 1.41. The molecule has 2 aromatic heterocycles. The van der Waals surface area contributed by atoms with E-state index in [0.717, 1.165) is 15.9 Å². The van der Waals surface area contributed by atoms with Gasteiger partial charge in [0.2, 0.25) is 0 Å². The number of hydrogen-bond donors (Lipinski definition) is 2. The lowest BCUT2D eigenvalue weighted by molar-refractivity contribution is -0.137. The fraction of sp³-hybridized carbons (Fsp3) is 0.533. The molecular formula is C15H21N3O3S. The Balaban J connectivity index is 2.12. The quantitative estimate of drug-likeness (QED) is 0.856. The number of carboxylic acid groups (broad SMARTS) is 1. The highest BCUT2D eigenvalue weighted by molar-refractivity contribution is 7.20. The van der Waals surface area contributed by atoms with Crippen molar-refractivity contribution in [3.05, 3.63) is 16.6 Å². The predicted octanol–water partition coefficient (Wildman–Crippen LogP) is 2.60. The second-order valence-corrected chi connectivity index (χ2v) is 6.94. The Bertz CT molecular complexity index is 702. The average molecular weight is 323 g/mol. The van der Waals surface area contributed by atoms with E-state index < -0.39 is 5.97 Å². The van der Waals surface area contributed by atoms with Gasteiger partial charge in [0, 0.05) is 25.4 Å². The van der Waals surface area contributed by atoms with E-state index in [2.05, 4.69) is 24.3 Å². The molecule has 0 spiro atoms. The SMILES string of the molecule is CC(CNC(=O)c1cc2c(C(C)C)nn(C)c2s1)CC(=O)O.